The maximum Gasteiger partial charge on any atom is 0.387 e. The Labute approximate surface area is 141 Å². The molecule has 2 aliphatic rings. The van der Waals surface area contributed by atoms with E-state index in [9.17, 15) is 13.6 Å². The van der Waals surface area contributed by atoms with E-state index in [4.69, 9.17) is 0 Å². The van der Waals surface area contributed by atoms with Crippen LogP contribution in [0.1, 0.15) is 31.2 Å². The highest BCUT2D eigenvalue weighted by atomic mass is 19.3. The summed E-state index contributed by atoms with van der Waals surface area (Å²) in [6.45, 7) is -1.89. The topological polar surface area (TPSA) is 41.6 Å². The maximum absolute atomic E-state index is 12.2. The molecular formula is C18H24F2N2O2. The van der Waals surface area contributed by atoms with Crippen LogP contribution >= 0.6 is 0 Å². The average Bonchev–Trinajstić information content (AvgIpc) is 3.38. The van der Waals surface area contributed by atoms with Crippen molar-refractivity contribution in [3.63, 3.8) is 0 Å². The second-order valence-electron chi connectivity index (χ2n) is 6.96. The van der Waals surface area contributed by atoms with Crippen LogP contribution in [0.4, 0.5) is 8.78 Å². The van der Waals surface area contributed by atoms with E-state index in [-0.39, 0.29) is 11.7 Å². The van der Waals surface area contributed by atoms with Crippen LogP contribution in [0.3, 0.4) is 0 Å². The number of hydrogen-bond acceptors (Lipinski definition) is 3. The molecule has 0 radical (unpaired) electrons. The fraction of sp³-hybridized carbons (Fsp3) is 0.611. The van der Waals surface area contributed by atoms with Gasteiger partial charge in [-0.25, -0.2) is 0 Å². The Morgan fingerprint density at radius 3 is 2.29 bits per heavy atom. The zero-order chi connectivity index (χ0) is 17.1. The molecule has 2 aliphatic carbocycles. The molecule has 0 bridgehead atoms. The summed E-state index contributed by atoms with van der Waals surface area (Å²) in [6, 6.07) is 6.89. The molecule has 0 atom stereocenters. The maximum atomic E-state index is 12.2. The lowest BCUT2D eigenvalue weighted by Crippen LogP contribution is -2.43. The smallest absolute Gasteiger partial charge is 0.387 e. The number of nitrogens with one attached hydrogen (secondary N) is 1. The van der Waals surface area contributed by atoms with Gasteiger partial charge in [0.2, 0.25) is 5.91 Å². The minimum atomic E-state index is -2.81. The van der Waals surface area contributed by atoms with Gasteiger partial charge in [0.1, 0.15) is 5.75 Å². The number of hydrogen-bond donors (Lipinski definition) is 1. The molecule has 1 aromatic carbocycles. The summed E-state index contributed by atoms with van der Waals surface area (Å²) in [5.41, 5.74) is 0.952. The van der Waals surface area contributed by atoms with Crippen molar-refractivity contribution in [2.24, 2.45) is 11.8 Å². The number of rotatable bonds is 9. The predicted molar refractivity (Wildman–Crippen MR) is 86.8 cm³/mol. The number of likely N-dealkylation sites (N-methyl/N-ethyl adjacent to an activating group) is 1. The largest absolute Gasteiger partial charge is 0.435 e. The molecule has 24 heavy (non-hydrogen) atoms. The van der Waals surface area contributed by atoms with Crippen molar-refractivity contribution in [2.45, 2.75) is 44.9 Å². The molecule has 0 aliphatic heterocycles. The van der Waals surface area contributed by atoms with Gasteiger partial charge >= 0.3 is 6.61 Å². The van der Waals surface area contributed by atoms with Crippen molar-refractivity contribution < 1.29 is 18.3 Å². The number of alkyl halides is 2. The first kappa shape index (κ1) is 17.1. The Kier molecular flexibility index (Phi) is 5.33. The van der Waals surface area contributed by atoms with Crippen LogP contribution in [-0.4, -0.2) is 37.1 Å². The fourth-order valence-electron chi connectivity index (χ4n) is 3.15. The van der Waals surface area contributed by atoms with Crippen LogP contribution in [0.15, 0.2) is 24.3 Å². The van der Waals surface area contributed by atoms with E-state index in [0.717, 1.165) is 5.56 Å². The zero-order valence-electron chi connectivity index (χ0n) is 13.9. The molecular weight excluding hydrogens is 314 g/mol. The molecule has 1 aromatic rings. The first-order valence-corrected chi connectivity index (χ1v) is 8.53. The predicted octanol–water partition coefficient (Wildman–Crippen LogP) is 3.02. The summed E-state index contributed by atoms with van der Waals surface area (Å²) < 4.78 is 28.6. The molecule has 0 spiro atoms. The first-order valence-electron chi connectivity index (χ1n) is 8.53. The minimum absolute atomic E-state index is 0.0685. The lowest BCUT2D eigenvalue weighted by atomic mass is 10.1. The third-order valence-corrected chi connectivity index (χ3v) is 4.60. The summed E-state index contributed by atoms with van der Waals surface area (Å²) in [5.74, 6) is 1.59. The van der Waals surface area contributed by atoms with Gasteiger partial charge < -0.3 is 10.1 Å². The van der Waals surface area contributed by atoms with E-state index in [0.29, 0.717) is 31.0 Å². The Morgan fingerprint density at radius 2 is 1.79 bits per heavy atom. The quantitative estimate of drug-likeness (QED) is 0.752. The number of halogens is 2. The van der Waals surface area contributed by atoms with Gasteiger partial charge in [-0.3, -0.25) is 9.69 Å². The van der Waals surface area contributed by atoms with Crippen molar-refractivity contribution in [3.8, 4) is 5.75 Å². The van der Waals surface area contributed by atoms with E-state index in [2.05, 4.69) is 10.1 Å². The van der Waals surface area contributed by atoms with Crippen LogP contribution < -0.4 is 10.1 Å². The highest BCUT2D eigenvalue weighted by Crippen LogP contribution is 2.44. The third kappa shape index (κ3) is 5.16. The van der Waals surface area contributed by atoms with E-state index in [1.165, 1.54) is 37.8 Å². The molecule has 3 rings (SSSR count). The van der Waals surface area contributed by atoms with Crippen molar-refractivity contribution in [1.29, 1.82) is 0 Å². The molecule has 0 aromatic heterocycles. The van der Waals surface area contributed by atoms with E-state index >= 15 is 0 Å². The van der Waals surface area contributed by atoms with Crippen LogP contribution in [0, 0.1) is 11.8 Å². The molecule has 0 heterocycles. The first-order chi connectivity index (χ1) is 11.5. The second-order valence-corrected chi connectivity index (χ2v) is 6.96. The fourth-order valence-corrected chi connectivity index (χ4v) is 3.15. The van der Waals surface area contributed by atoms with Gasteiger partial charge in [0.05, 0.1) is 6.54 Å². The molecule has 132 valence electrons. The lowest BCUT2D eigenvalue weighted by molar-refractivity contribution is -0.123. The van der Waals surface area contributed by atoms with Crippen LogP contribution in [-0.2, 0) is 11.3 Å². The third-order valence-electron chi connectivity index (χ3n) is 4.60. The Hall–Kier alpha value is -1.69. The van der Waals surface area contributed by atoms with Gasteiger partial charge in [-0.2, -0.15) is 8.78 Å². The standard InChI is InChI=1S/C18H24F2N2O2/c1-22(10-12-2-8-15(9-3-12)24-18(19)20)11-16(23)21-17(13-4-5-13)14-6-7-14/h2-3,8-9,13-14,17-18H,4-7,10-11H2,1H3,(H,21,23). The van der Waals surface area contributed by atoms with Crippen molar-refractivity contribution in [3.05, 3.63) is 29.8 Å². The zero-order valence-corrected chi connectivity index (χ0v) is 13.9. The van der Waals surface area contributed by atoms with Crippen molar-refractivity contribution in [1.82, 2.24) is 10.2 Å². The van der Waals surface area contributed by atoms with Crippen LogP contribution in [0.2, 0.25) is 0 Å². The summed E-state index contributed by atoms with van der Waals surface area (Å²) in [5, 5.41) is 3.20. The molecule has 0 saturated heterocycles. The van der Waals surface area contributed by atoms with Crippen molar-refractivity contribution in [2.75, 3.05) is 13.6 Å². The Balaban J connectivity index is 1.44. The molecule has 1 N–H and O–H groups in total. The van der Waals surface area contributed by atoms with Gasteiger partial charge in [0.15, 0.2) is 0 Å². The van der Waals surface area contributed by atoms with Gasteiger partial charge in [0, 0.05) is 12.6 Å². The number of carbonyl (C=O) groups excluding carboxylic acids is 1. The van der Waals surface area contributed by atoms with Gasteiger partial charge in [-0.05, 0) is 62.3 Å². The van der Waals surface area contributed by atoms with Crippen LogP contribution in [0.25, 0.3) is 0 Å². The minimum Gasteiger partial charge on any atom is -0.435 e. The van der Waals surface area contributed by atoms with Crippen LogP contribution in [0.5, 0.6) is 5.75 Å². The second kappa shape index (κ2) is 7.47. The summed E-state index contributed by atoms with van der Waals surface area (Å²) in [4.78, 5) is 14.2. The SMILES string of the molecule is CN(CC(=O)NC(C1CC1)C1CC1)Cc1ccc(OC(F)F)cc1. The van der Waals surface area contributed by atoms with Crippen molar-refractivity contribution >= 4 is 5.91 Å². The monoisotopic (exact) mass is 338 g/mol. The number of benzene rings is 1. The highest BCUT2D eigenvalue weighted by Gasteiger charge is 2.42. The van der Waals surface area contributed by atoms with Gasteiger partial charge in [0.25, 0.3) is 0 Å². The van der Waals surface area contributed by atoms with E-state index in [1.54, 1.807) is 12.1 Å². The van der Waals surface area contributed by atoms with Gasteiger partial charge in [-0.15, -0.1) is 0 Å². The number of amides is 1. The number of nitrogens with zero attached hydrogens (tertiary/aromatic N) is 1. The molecule has 4 nitrogen and oxygen atoms in total. The summed E-state index contributed by atoms with van der Waals surface area (Å²) >= 11 is 0. The Morgan fingerprint density at radius 1 is 1.21 bits per heavy atom. The molecule has 2 fully saturated rings. The Bertz CT molecular complexity index is 545. The van der Waals surface area contributed by atoms with E-state index < -0.39 is 6.61 Å². The lowest BCUT2D eigenvalue weighted by Gasteiger charge is -2.21. The number of carbonyl (C=O) groups is 1. The molecule has 0 unspecified atom stereocenters. The summed E-state index contributed by atoms with van der Waals surface area (Å²) in [7, 11) is 1.88. The average molecular weight is 338 g/mol. The molecule has 6 heteroatoms. The van der Waals surface area contributed by atoms with Gasteiger partial charge in [-0.1, -0.05) is 12.1 Å². The molecule has 1 amide bonds. The molecule has 2 saturated carbocycles. The normalized spacial score (nSPS) is 17.6. The van der Waals surface area contributed by atoms with E-state index in [1.807, 2.05) is 11.9 Å². The summed E-state index contributed by atoms with van der Waals surface area (Å²) in [6.07, 6.45) is 4.96. The highest BCUT2D eigenvalue weighted by molar-refractivity contribution is 5.78. The number of ether oxygens (including phenoxy) is 1.